The van der Waals surface area contributed by atoms with E-state index in [2.05, 4.69) is 17.1 Å². The van der Waals surface area contributed by atoms with E-state index in [1.54, 1.807) is 7.11 Å². The number of benzene rings is 1. The van der Waals surface area contributed by atoms with Crippen molar-refractivity contribution in [3.8, 4) is 5.75 Å². The van der Waals surface area contributed by atoms with E-state index < -0.39 is 0 Å². The lowest BCUT2D eigenvalue weighted by atomic mass is 10.1. The van der Waals surface area contributed by atoms with E-state index in [4.69, 9.17) is 10.5 Å². The molecule has 6 heteroatoms. The lowest BCUT2D eigenvalue weighted by molar-refractivity contribution is -0.117. The normalized spacial score (nSPS) is 21.7. The summed E-state index contributed by atoms with van der Waals surface area (Å²) in [5.41, 5.74) is 6.46. The van der Waals surface area contributed by atoms with E-state index in [1.807, 2.05) is 24.3 Å². The predicted octanol–water partition coefficient (Wildman–Crippen LogP) is 1.72. The molecule has 2 unspecified atom stereocenters. The monoisotopic (exact) mass is 313 g/mol. The van der Waals surface area contributed by atoms with E-state index in [9.17, 15) is 4.79 Å². The summed E-state index contributed by atoms with van der Waals surface area (Å²) in [6.07, 6.45) is 1.07. The summed E-state index contributed by atoms with van der Waals surface area (Å²) in [5.74, 6) is 1.25. The van der Waals surface area contributed by atoms with Crippen molar-refractivity contribution in [2.24, 2.45) is 11.7 Å². The fourth-order valence-corrected chi connectivity index (χ4v) is 2.69. The quantitative estimate of drug-likeness (QED) is 0.868. The molecular weight excluding hydrogens is 290 g/mol. The van der Waals surface area contributed by atoms with Crippen LogP contribution in [0.1, 0.15) is 13.3 Å². The van der Waals surface area contributed by atoms with Gasteiger partial charge in [0.05, 0.1) is 13.7 Å². The highest BCUT2D eigenvalue weighted by Crippen LogP contribution is 2.22. The van der Waals surface area contributed by atoms with Gasteiger partial charge in [0.15, 0.2) is 0 Å². The minimum absolute atomic E-state index is 0. The van der Waals surface area contributed by atoms with Gasteiger partial charge in [0, 0.05) is 24.3 Å². The van der Waals surface area contributed by atoms with Crippen LogP contribution in [0.2, 0.25) is 0 Å². The fourth-order valence-electron chi connectivity index (χ4n) is 2.69. The Morgan fingerprint density at radius 3 is 2.90 bits per heavy atom. The Labute approximate surface area is 132 Å². The SMILES string of the molecule is COc1cccc(NC(=O)CN2CC(CN)CC2C)c1.Cl. The second kappa shape index (κ2) is 8.22. The number of likely N-dealkylation sites (tertiary alicyclic amines) is 1. The number of nitrogens with two attached hydrogens (primary N) is 1. The van der Waals surface area contributed by atoms with Crippen molar-refractivity contribution in [3.05, 3.63) is 24.3 Å². The Morgan fingerprint density at radius 2 is 2.29 bits per heavy atom. The van der Waals surface area contributed by atoms with E-state index >= 15 is 0 Å². The zero-order chi connectivity index (χ0) is 14.5. The number of anilines is 1. The molecular formula is C15H24ClN3O2. The molecule has 1 aromatic carbocycles. The largest absolute Gasteiger partial charge is 0.497 e. The molecule has 21 heavy (non-hydrogen) atoms. The number of carbonyl (C=O) groups is 1. The van der Waals surface area contributed by atoms with Crippen LogP contribution in [0.4, 0.5) is 5.69 Å². The third kappa shape index (κ3) is 4.88. The molecule has 5 nitrogen and oxygen atoms in total. The Balaban J connectivity index is 0.00000220. The van der Waals surface area contributed by atoms with Crippen LogP contribution in [0.25, 0.3) is 0 Å². The standard InChI is InChI=1S/C15H23N3O2.ClH/c1-11-6-12(8-16)9-18(11)10-15(19)17-13-4-3-5-14(7-13)20-2;/h3-5,7,11-12H,6,8-10,16H2,1-2H3,(H,17,19);1H. The zero-order valence-electron chi connectivity index (χ0n) is 12.5. The van der Waals surface area contributed by atoms with Gasteiger partial charge in [-0.05, 0) is 37.9 Å². The number of carbonyl (C=O) groups excluding carboxylic acids is 1. The number of nitrogens with zero attached hydrogens (tertiary/aromatic N) is 1. The Kier molecular flexibility index (Phi) is 6.95. The lowest BCUT2D eigenvalue weighted by Gasteiger charge is -2.20. The Hall–Kier alpha value is -1.30. The number of halogens is 1. The Bertz CT molecular complexity index is 470. The summed E-state index contributed by atoms with van der Waals surface area (Å²) in [5, 5.41) is 2.91. The first kappa shape index (κ1) is 17.8. The molecule has 1 aliphatic rings. The maximum Gasteiger partial charge on any atom is 0.238 e. The number of nitrogens with one attached hydrogen (secondary N) is 1. The average molecular weight is 314 g/mol. The van der Waals surface area contributed by atoms with Crippen molar-refractivity contribution in [2.75, 3.05) is 32.1 Å². The molecule has 0 aromatic heterocycles. The first-order valence-electron chi connectivity index (χ1n) is 7.00. The van der Waals surface area contributed by atoms with Crippen LogP contribution in [-0.4, -0.2) is 43.6 Å². The van der Waals surface area contributed by atoms with Crippen LogP contribution >= 0.6 is 12.4 Å². The maximum atomic E-state index is 12.1. The van der Waals surface area contributed by atoms with Gasteiger partial charge < -0.3 is 15.8 Å². The van der Waals surface area contributed by atoms with Crippen LogP contribution in [0.3, 0.4) is 0 Å². The summed E-state index contributed by atoms with van der Waals surface area (Å²) >= 11 is 0. The van der Waals surface area contributed by atoms with Crippen molar-refractivity contribution < 1.29 is 9.53 Å². The highest BCUT2D eigenvalue weighted by molar-refractivity contribution is 5.92. The smallest absolute Gasteiger partial charge is 0.238 e. The van der Waals surface area contributed by atoms with E-state index in [0.717, 1.165) is 24.4 Å². The second-order valence-electron chi connectivity index (χ2n) is 5.40. The molecule has 1 aromatic rings. The van der Waals surface area contributed by atoms with Gasteiger partial charge in [-0.1, -0.05) is 6.07 Å². The van der Waals surface area contributed by atoms with Gasteiger partial charge in [-0.15, -0.1) is 12.4 Å². The van der Waals surface area contributed by atoms with Gasteiger partial charge >= 0.3 is 0 Å². The van der Waals surface area contributed by atoms with Crippen LogP contribution < -0.4 is 15.8 Å². The van der Waals surface area contributed by atoms with Gasteiger partial charge in [-0.2, -0.15) is 0 Å². The third-order valence-corrected chi connectivity index (χ3v) is 3.82. The number of rotatable bonds is 5. The number of hydrogen-bond donors (Lipinski definition) is 2. The highest BCUT2D eigenvalue weighted by atomic mass is 35.5. The first-order chi connectivity index (χ1) is 9.62. The summed E-state index contributed by atoms with van der Waals surface area (Å²) in [6, 6.07) is 7.80. The van der Waals surface area contributed by atoms with E-state index in [1.165, 1.54) is 0 Å². The molecule has 0 radical (unpaired) electrons. The molecule has 1 saturated heterocycles. The highest BCUT2D eigenvalue weighted by Gasteiger charge is 2.29. The zero-order valence-corrected chi connectivity index (χ0v) is 13.4. The predicted molar refractivity (Wildman–Crippen MR) is 87.1 cm³/mol. The minimum atomic E-state index is 0. The van der Waals surface area contributed by atoms with E-state index in [0.29, 0.717) is 25.0 Å². The second-order valence-corrected chi connectivity index (χ2v) is 5.40. The number of amides is 1. The molecule has 118 valence electrons. The van der Waals surface area contributed by atoms with Crippen LogP contribution in [-0.2, 0) is 4.79 Å². The van der Waals surface area contributed by atoms with Crippen LogP contribution in [0, 0.1) is 5.92 Å². The summed E-state index contributed by atoms with van der Waals surface area (Å²) < 4.78 is 5.14. The van der Waals surface area contributed by atoms with Crippen LogP contribution in [0.15, 0.2) is 24.3 Å². The van der Waals surface area contributed by atoms with Gasteiger partial charge in [-0.25, -0.2) is 0 Å². The fraction of sp³-hybridized carbons (Fsp3) is 0.533. The molecule has 3 N–H and O–H groups in total. The van der Waals surface area contributed by atoms with Crippen LogP contribution in [0.5, 0.6) is 5.75 Å². The maximum absolute atomic E-state index is 12.1. The molecule has 1 fully saturated rings. The van der Waals surface area contributed by atoms with E-state index in [-0.39, 0.29) is 18.3 Å². The molecule has 0 aliphatic carbocycles. The van der Waals surface area contributed by atoms with Crippen molar-refractivity contribution in [1.82, 2.24) is 4.90 Å². The van der Waals surface area contributed by atoms with Gasteiger partial charge in [-0.3, -0.25) is 9.69 Å². The van der Waals surface area contributed by atoms with Crippen molar-refractivity contribution >= 4 is 24.0 Å². The molecule has 0 spiro atoms. The summed E-state index contributed by atoms with van der Waals surface area (Å²) in [4.78, 5) is 14.3. The topological polar surface area (TPSA) is 67.6 Å². The molecule has 1 amide bonds. The Morgan fingerprint density at radius 1 is 1.52 bits per heavy atom. The average Bonchev–Trinajstić information content (AvgIpc) is 2.79. The number of ether oxygens (including phenoxy) is 1. The summed E-state index contributed by atoms with van der Waals surface area (Å²) in [7, 11) is 1.61. The summed E-state index contributed by atoms with van der Waals surface area (Å²) in [6.45, 7) is 4.16. The molecule has 0 saturated carbocycles. The van der Waals surface area contributed by atoms with Crippen molar-refractivity contribution in [2.45, 2.75) is 19.4 Å². The molecule has 1 heterocycles. The van der Waals surface area contributed by atoms with Gasteiger partial charge in [0.1, 0.15) is 5.75 Å². The van der Waals surface area contributed by atoms with Crippen molar-refractivity contribution in [3.63, 3.8) is 0 Å². The van der Waals surface area contributed by atoms with Crippen molar-refractivity contribution in [1.29, 1.82) is 0 Å². The van der Waals surface area contributed by atoms with Gasteiger partial charge in [0.25, 0.3) is 0 Å². The minimum Gasteiger partial charge on any atom is -0.497 e. The number of methoxy groups -OCH3 is 1. The first-order valence-corrected chi connectivity index (χ1v) is 7.00. The lowest BCUT2D eigenvalue weighted by Crippen LogP contribution is -2.36. The molecule has 1 aliphatic heterocycles. The number of hydrogen-bond acceptors (Lipinski definition) is 4. The van der Waals surface area contributed by atoms with Gasteiger partial charge in [0.2, 0.25) is 5.91 Å². The molecule has 2 atom stereocenters. The molecule has 2 rings (SSSR count). The third-order valence-electron chi connectivity index (χ3n) is 3.82. The molecule has 0 bridgehead atoms.